The molecule has 0 unspecified atom stereocenters. The van der Waals surface area contributed by atoms with E-state index in [1.54, 1.807) is 24.3 Å². The highest BCUT2D eigenvalue weighted by Crippen LogP contribution is 2.30. The number of aliphatic hydroxyl groups is 1. The monoisotopic (exact) mass is 336 g/mol. The van der Waals surface area contributed by atoms with Crippen LogP contribution in [-0.4, -0.2) is 34.8 Å². The van der Waals surface area contributed by atoms with E-state index in [0.717, 1.165) is 12.8 Å². The first-order chi connectivity index (χ1) is 11.1. The SMILES string of the molecule is O=C(NC[C@H]1CC[C@@H](Oc2cccc(Cl)c2)[C@@H]1O)c1cocn1. The number of hydrogen-bond acceptors (Lipinski definition) is 5. The second-order valence-electron chi connectivity index (χ2n) is 5.53. The number of carbonyl (C=O) groups is 1. The Bertz CT molecular complexity index is 662. The molecule has 1 amide bonds. The number of nitrogens with zero attached hydrogens (tertiary/aromatic N) is 1. The summed E-state index contributed by atoms with van der Waals surface area (Å²) in [7, 11) is 0. The van der Waals surface area contributed by atoms with Gasteiger partial charge in [-0.1, -0.05) is 17.7 Å². The van der Waals surface area contributed by atoms with E-state index in [1.165, 1.54) is 12.7 Å². The molecule has 0 aliphatic heterocycles. The molecule has 1 aromatic heterocycles. The average Bonchev–Trinajstić information content (AvgIpc) is 3.17. The van der Waals surface area contributed by atoms with Crippen molar-refractivity contribution < 1.29 is 19.1 Å². The summed E-state index contributed by atoms with van der Waals surface area (Å²) in [4.78, 5) is 15.6. The summed E-state index contributed by atoms with van der Waals surface area (Å²) in [5, 5.41) is 13.7. The zero-order chi connectivity index (χ0) is 16.2. The minimum Gasteiger partial charge on any atom is -0.488 e. The van der Waals surface area contributed by atoms with Crippen molar-refractivity contribution in [1.29, 1.82) is 0 Å². The van der Waals surface area contributed by atoms with E-state index in [9.17, 15) is 9.90 Å². The maximum absolute atomic E-state index is 11.8. The molecule has 0 spiro atoms. The zero-order valence-corrected chi connectivity index (χ0v) is 13.1. The standard InChI is InChI=1S/C16H17ClN2O4/c17-11-2-1-3-12(6-11)23-14-5-4-10(15(14)20)7-18-16(21)13-8-22-9-19-13/h1-3,6,8-10,14-15,20H,4-5,7H2,(H,18,21)/t10-,14-,15-/m1/s1. The molecule has 1 aromatic carbocycles. The summed E-state index contributed by atoms with van der Waals surface area (Å²) in [5.41, 5.74) is 0.226. The quantitative estimate of drug-likeness (QED) is 0.875. The number of aromatic nitrogens is 1. The first-order valence-corrected chi connectivity index (χ1v) is 7.78. The van der Waals surface area contributed by atoms with E-state index in [2.05, 4.69) is 10.3 Å². The van der Waals surface area contributed by atoms with Crippen molar-refractivity contribution in [3.63, 3.8) is 0 Å². The zero-order valence-electron chi connectivity index (χ0n) is 12.3. The van der Waals surface area contributed by atoms with Crippen molar-refractivity contribution in [2.45, 2.75) is 25.0 Å². The van der Waals surface area contributed by atoms with Crippen LogP contribution in [0.3, 0.4) is 0 Å². The van der Waals surface area contributed by atoms with Crippen molar-refractivity contribution in [2.75, 3.05) is 6.54 Å². The molecule has 3 rings (SSSR count). The first kappa shape index (κ1) is 15.8. The fraction of sp³-hybridized carbons (Fsp3) is 0.375. The lowest BCUT2D eigenvalue weighted by atomic mass is 10.1. The number of carbonyl (C=O) groups excluding carboxylic acids is 1. The van der Waals surface area contributed by atoms with Crippen LogP contribution in [0.15, 0.2) is 41.3 Å². The fourth-order valence-electron chi connectivity index (χ4n) is 2.73. The normalized spacial score (nSPS) is 23.7. The molecule has 1 saturated carbocycles. The summed E-state index contributed by atoms with van der Waals surface area (Å²) >= 11 is 5.93. The van der Waals surface area contributed by atoms with Crippen molar-refractivity contribution in [1.82, 2.24) is 10.3 Å². The van der Waals surface area contributed by atoms with Crippen molar-refractivity contribution in [3.8, 4) is 5.75 Å². The molecule has 122 valence electrons. The van der Waals surface area contributed by atoms with E-state index in [4.69, 9.17) is 20.8 Å². The highest BCUT2D eigenvalue weighted by molar-refractivity contribution is 6.30. The second-order valence-corrected chi connectivity index (χ2v) is 5.96. The van der Waals surface area contributed by atoms with E-state index in [0.29, 0.717) is 17.3 Å². The van der Waals surface area contributed by atoms with Gasteiger partial charge in [0.05, 0.1) is 6.10 Å². The Hall–Kier alpha value is -2.05. The topological polar surface area (TPSA) is 84.6 Å². The predicted octanol–water partition coefficient (Wildman–Crippen LogP) is 2.28. The van der Waals surface area contributed by atoms with Crippen LogP contribution in [0.1, 0.15) is 23.3 Å². The number of ether oxygens (including phenoxy) is 1. The van der Waals surface area contributed by atoms with E-state index in [1.807, 2.05) is 0 Å². The number of oxazole rings is 1. The molecule has 1 aliphatic rings. The molecule has 0 radical (unpaired) electrons. The lowest BCUT2D eigenvalue weighted by molar-refractivity contribution is 0.0348. The molecule has 23 heavy (non-hydrogen) atoms. The van der Waals surface area contributed by atoms with Gasteiger partial charge in [0, 0.05) is 17.5 Å². The Kier molecular flexibility index (Phi) is 4.83. The number of hydrogen-bond donors (Lipinski definition) is 2. The molecule has 3 atom stereocenters. The van der Waals surface area contributed by atoms with E-state index >= 15 is 0 Å². The van der Waals surface area contributed by atoms with Crippen LogP contribution in [0.5, 0.6) is 5.75 Å². The molecule has 2 N–H and O–H groups in total. The summed E-state index contributed by atoms with van der Waals surface area (Å²) in [5.74, 6) is 0.258. The number of benzene rings is 1. The van der Waals surface area contributed by atoms with Gasteiger partial charge in [0.1, 0.15) is 18.1 Å². The van der Waals surface area contributed by atoms with Gasteiger partial charge in [-0.05, 0) is 31.0 Å². The third-order valence-electron chi connectivity index (χ3n) is 3.96. The number of halogens is 1. The number of nitrogens with one attached hydrogen (secondary N) is 1. The van der Waals surface area contributed by atoms with Gasteiger partial charge in [-0.3, -0.25) is 4.79 Å². The van der Waals surface area contributed by atoms with Crippen LogP contribution in [0.25, 0.3) is 0 Å². The van der Waals surface area contributed by atoms with Crippen LogP contribution in [0.4, 0.5) is 0 Å². The number of aliphatic hydroxyl groups excluding tert-OH is 1. The van der Waals surface area contributed by atoms with Crippen LogP contribution in [0, 0.1) is 5.92 Å². The first-order valence-electron chi connectivity index (χ1n) is 7.40. The molecule has 2 aromatic rings. The van der Waals surface area contributed by atoms with Gasteiger partial charge >= 0.3 is 0 Å². The van der Waals surface area contributed by atoms with Gasteiger partial charge in [0.25, 0.3) is 5.91 Å². The van der Waals surface area contributed by atoms with Crippen LogP contribution < -0.4 is 10.1 Å². The summed E-state index contributed by atoms with van der Waals surface area (Å²) in [6.07, 6.45) is 3.03. The molecule has 1 aliphatic carbocycles. The lowest BCUT2D eigenvalue weighted by Crippen LogP contribution is -2.37. The molecular weight excluding hydrogens is 320 g/mol. The van der Waals surface area contributed by atoms with Crippen molar-refractivity contribution in [3.05, 3.63) is 47.6 Å². The Morgan fingerprint density at radius 3 is 3.09 bits per heavy atom. The molecule has 0 saturated heterocycles. The lowest BCUT2D eigenvalue weighted by Gasteiger charge is -2.21. The molecule has 7 heteroatoms. The Labute approximate surface area is 138 Å². The summed E-state index contributed by atoms with van der Waals surface area (Å²) in [6.45, 7) is 0.363. The average molecular weight is 337 g/mol. The van der Waals surface area contributed by atoms with E-state index in [-0.39, 0.29) is 23.6 Å². The maximum atomic E-state index is 11.8. The van der Waals surface area contributed by atoms with Crippen molar-refractivity contribution >= 4 is 17.5 Å². The van der Waals surface area contributed by atoms with Gasteiger partial charge in [0.15, 0.2) is 12.1 Å². The number of amides is 1. The van der Waals surface area contributed by atoms with Gasteiger partial charge in [0.2, 0.25) is 0 Å². The molecule has 6 nitrogen and oxygen atoms in total. The predicted molar refractivity (Wildman–Crippen MR) is 83.4 cm³/mol. The second kappa shape index (κ2) is 7.02. The van der Waals surface area contributed by atoms with Crippen LogP contribution in [-0.2, 0) is 0 Å². The third kappa shape index (κ3) is 3.83. The van der Waals surface area contributed by atoms with Crippen molar-refractivity contribution in [2.24, 2.45) is 5.92 Å². The van der Waals surface area contributed by atoms with Gasteiger partial charge in [-0.2, -0.15) is 0 Å². The van der Waals surface area contributed by atoms with Gasteiger partial charge < -0.3 is 19.6 Å². The van der Waals surface area contributed by atoms with Crippen LogP contribution in [0.2, 0.25) is 5.02 Å². The fourth-order valence-corrected chi connectivity index (χ4v) is 2.91. The minimum atomic E-state index is -0.647. The highest BCUT2D eigenvalue weighted by Gasteiger charge is 2.36. The van der Waals surface area contributed by atoms with Gasteiger partial charge in [-0.15, -0.1) is 0 Å². The smallest absolute Gasteiger partial charge is 0.273 e. The molecule has 1 heterocycles. The minimum absolute atomic E-state index is 0.0602. The van der Waals surface area contributed by atoms with E-state index < -0.39 is 6.10 Å². The Morgan fingerprint density at radius 2 is 2.35 bits per heavy atom. The molecule has 0 bridgehead atoms. The largest absolute Gasteiger partial charge is 0.488 e. The summed E-state index contributed by atoms with van der Waals surface area (Å²) < 4.78 is 10.6. The Morgan fingerprint density at radius 1 is 1.48 bits per heavy atom. The third-order valence-corrected chi connectivity index (χ3v) is 4.19. The molecular formula is C16H17ClN2O4. The number of rotatable bonds is 5. The van der Waals surface area contributed by atoms with Crippen LogP contribution >= 0.6 is 11.6 Å². The Balaban J connectivity index is 1.52. The summed E-state index contributed by atoms with van der Waals surface area (Å²) in [6, 6.07) is 7.09. The maximum Gasteiger partial charge on any atom is 0.273 e. The highest BCUT2D eigenvalue weighted by atomic mass is 35.5. The molecule has 1 fully saturated rings. The van der Waals surface area contributed by atoms with Gasteiger partial charge in [-0.25, -0.2) is 4.98 Å².